The molecular formula is C18H12F3N. The second kappa shape index (κ2) is 5.64. The molecule has 22 heavy (non-hydrogen) atoms. The predicted molar refractivity (Wildman–Crippen MR) is 82.1 cm³/mol. The van der Waals surface area contributed by atoms with Crippen LogP contribution in [0.4, 0.5) is 13.2 Å². The number of rotatable bonds is 2. The van der Waals surface area contributed by atoms with E-state index in [1.807, 2.05) is 24.3 Å². The molecule has 3 aromatic rings. The van der Waals surface area contributed by atoms with E-state index in [2.05, 4.69) is 4.98 Å². The molecule has 2 aromatic carbocycles. The maximum Gasteiger partial charge on any atom is 0.417 e. The maximum atomic E-state index is 13.3. The van der Waals surface area contributed by atoms with Gasteiger partial charge in [0.25, 0.3) is 0 Å². The predicted octanol–water partition coefficient (Wildman–Crippen LogP) is 5.34. The Morgan fingerprint density at radius 3 is 2.32 bits per heavy atom. The van der Waals surface area contributed by atoms with E-state index in [0.717, 1.165) is 17.0 Å². The summed E-state index contributed by atoms with van der Waals surface area (Å²) >= 11 is 0. The summed E-state index contributed by atoms with van der Waals surface area (Å²) in [6.45, 7) is 0. The lowest BCUT2D eigenvalue weighted by molar-refractivity contribution is -0.0683. The van der Waals surface area contributed by atoms with Crippen molar-refractivity contribution in [3.05, 3.63) is 78.0 Å². The molecule has 0 unspecified atom stereocenters. The van der Waals surface area contributed by atoms with Gasteiger partial charge in [0.1, 0.15) is 0 Å². The third kappa shape index (κ3) is 3.01. The third-order valence-electron chi connectivity index (χ3n) is 3.31. The van der Waals surface area contributed by atoms with Gasteiger partial charge >= 0.3 is 6.18 Å². The van der Waals surface area contributed by atoms with Crippen LogP contribution in [0, 0.1) is 0 Å². The summed E-state index contributed by atoms with van der Waals surface area (Å²) in [5, 5.41) is 0.811. The molecule has 0 bridgehead atoms. The number of alkyl halides is 3. The molecule has 1 heterocycles. The summed E-state index contributed by atoms with van der Waals surface area (Å²) in [6.07, 6.45) is -1.83. The van der Waals surface area contributed by atoms with Crippen molar-refractivity contribution in [2.24, 2.45) is 0 Å². The summed E-state index contributed by atoms with van der Waals surface area (Å²) in [7, 11) is 0. The second-order valence-electron chi connectivity index (χ2n) is 4.88. The Morgan fingerprint density at radius 1 is 0.909 bits per heavy atom. The average Bonchev–Trinajstić information content (AvgIpc) is 2.52. The minimum absolute atomic E-state index is 0.142. The number of para-hydroxylation sites is 1. The molecule has 0 aliphatic rings. The van der Waals surface area contributed by atoms with Gasteiger partial charge in [0.05, 0.1) is 11.1 Å². The molecule has 0 atom stereocenters. The lowest BCUT2D eigenvalue weighted by Crippen LogP contribution is -2.10. The zero-order valence-corrected chi connectivity index (χ0v) is 11.5. The number of hydrogen-bond donors (Lipinski definition) is 0. The van der Waals surface area contributed by atoms with Crippen molar-refractivity contribution in [2.45, 2.75) is 6.18 Å². The van der Waals surface area contributed by atoms with Gasteiger partial charge in [0.15, 0.2) is 0 Å². The summed E-state index contributed by atoms with van der Waals surface area (Å²) < 4.78 is 39.9. The normalized spacial score (nSPS) is 12.6. The topological polar surface area (TPSA) is 12.9 Å². The van der Waals surface area contributed by atoms with Crippen molar-refractivity contribution >= 4 is 22.6 Å². The number of nitrogens with zero attached hydrogens (tertiary/aromatic N) is 1. The Morgan fingerprint density at radius 2 is 1.59 bits per heavy atom. The summed E-state index contributed by atoms with van der Waals surface area (Å²) in [4.78, 5) is 4.20. The molecule has 0 saturated heterocycles. The Bertz CT molecular complexity index is 820. The van der Waals surface area contributed by atoms with Crippen LogP contribution < -0.4 is 0 Å². The highest BCUT2D eigenvalue weighted by molar-refractivity contribution is 5.87. The zero-order chi connectivity index (χ0) is 15.6. The number of allylic oxidation sites excluding steroid dienone is 1. The fourth-order valence-electron chi connectivity index (χ4n) is 2.28. The van der Waals surface area contributed by atoms with Crippen LogP contribution >= 0.6 is 0 Å². The Balaban J connectivity index is 2.12. The van der Waals surface area contributed by atoms with Crippen LogP contribution in [-0.4, -0.2) is 11.2 Å². The van der Waals surface area contributed by atoms with Crippen LogP contribution in [0.5, 0.6) is 0 Å². The molecule has 0 spiro atoms. The molecule has 1 aromatic heterocycles. The molecule has 0 radical (unpaired) electrons. The molecule has 4 heteroatoms. The first-order valence-corrected chi connectivity index (χ1v) is 6.73. The molecule has 0 aliphatic carbocycles. The number of halogens is 3. The first-order valence-electron chi connectivity index (χ1n) is 6.73. The monoisotopic (exact) mass is 299 g/mol. The summed E-state index contributed by atoms with van der Waals surface area (Å²) in [5.41, 5.74) is 0.649. The second-order valence-corrected chi connectivity index (χ2v) is 4.88. The summed E-state index contributed by atoms with van der Waals surface area (Å²) in [5.74, 6) is 0. The van der Waals surface area contributed by atoms with E-state index in [1.54, 1.807) is 24.3 Å². The number of pyridine rings is 1. The lowest BCUT2D eigenvalue weighted by Gasteiger charge is -2.12. The zero-order valence-electron chi connectivity index (χ0n) is 11.5. The summed E-state index contributed by atoms with van der Waals surface area (Å²) in [6, 6.07) is 16.8. The van der Waals surface area contributed by atoms with E-state index in [0.29, 0.717) is 5.56 Å². The van der Waals surface area contributed by atoms with E-state index in [-0.39, 0.29) is 5.56 Å². The fraction of sp³-hybridized carbons (Fsp3) is 0.0556. The number of aromatic nitrogens is 1. The van der Waals surface area contributed by atoms with Gasteiger partial charge in [-0.1, -0.05) is 48.5 Å². The van der Waals surface area contributed by atoms with Gasteiger partial charge in [0.2, 0.25) is 0 Å². The van der Waals surface area contributed by atoms with Gasteiger partial charge in [-0.25, -0.2) is 0 Å². The first kappa shape index (κ1) is 14.3. The number of fused-ring (bicyclic) bond motifs is 1. The van der Waals surface area contributed by atoms with E-state index < -0.39 is 11.7 Å². The Kier molecular flexibility index (Phi) is 3.67. The largest absolute Gasteiger partial charge is 0.417 e. The highest BCUT2D eigenvalue weighted by atomic mass is 19.4. The van der Waals surface area contributed by atoms with E-state index in [1.165, 1.54) is 18.3 Å². The molecular weight excluding hydrogens is 287 g/mol. The molecule has 0 saturated carbocycles. The maximum absolute atomic E-state index is 13.3. The fourth-order valence-corrected chi connectivity index (χ4v) is 2.28. The van der Waals surface area contributed by atoms with Crippen LogP contribution in [-0.2, 0) is 0 Å². The number of benzene rings is 2. The van der Waals surface area contributed by atoms with Crippen LogP contribution in [0.1, 0.15) is 11.1 Å². The average molecular weight is 299 g/mol. The van der Waals surface area contributed by atoms with Crippen LogP contribution in [0.2, 0.25) is 0 Å². The Hall–Kier alpha value is -2.62. The van der Waals surface area contributed by atoms with E-state index in [4.69, 9.17) is 0 Å². The van der Waals surface area contributed by atoms with Crippen molar-refractivity contribution in [3.8, 4) is 0 Å². The third-order valence-corrected chi connectivity index (χ3v) is 3.31. The minimum atomic E-state index is -4.42. The standard InChI is InChI=1S/C18H12F3N/c19-18(20,21)16(14-6-2-1-3-7-14)11-13-10-15-8-4-5-9-17(15)22-12-13/h1-12H. The van der Waals surface area contributed by atoms with Gasteiger partial charge in [-0.05, 0) is 29.3 Å². The molecule has 110 valence electrons. The molecule has 0 aliphatic heterocycles. The molecule has 3 rings (SSSR count). The molecule has 0 amide bonds. The van der Waals surface area contributed by atoms with Gasteiger partial charge in [-0.2, -0.15) is 13.2 Å². The molecule has 1 nitrogen and oxygen atoms in total. The first-order chi connectivity index (χ1) is 10.5. The van der Waals surface area contributed by atoms with Crippen molar-refractivity contribution in [2.75, 3.05) is 0 Å². The van der Waals surface area contributed by atoms with Gasteiger partial charge < -0.3 is 0 Å². The smallest absolute Gasteiger partial charge is 0.256 e. The van der Waals surface area contributed by atoms with E-state index in [9.17, 15) is 13.2 Å². The van der Waals surface area contributed by atoms with Crippen molar-refractivity contribution in [3.63, 3.8) is 0 Å². The van der Waals surface area contributed by atoms with Crippen molar-refractivity contribution in [1.29, 1.82) is 0 Å². The van der Waals surface area contributed by atoms with Gasteiger partial charge in [-0.3, -0.25) is 4.98 Å². The van der Waals surface area contributed by atoms with Crippen LogP contribution in [0.3, 0.4) is 0 Å². The SMILES string of the molecule is FC(F)(F)C(=Cc1cnc2ccccc2c1)c1ccccc1. The van der Waals surface area contributed by atoms with Crippen molar-refractivity contribution < 1.29 is 13.2 Å². The highest BCUT2D eigenvalue weighted by Crippen LogP contribution is 2.35. The van der Waals surface area contributed by atoms with Crippen molar-refractivity contribution in [1.82, 2.24) is 4.98 Å². The van der Waals surface area contributed by atoms with Gasteiger partial charge in [-0.15, -0.1) is 0 Å². The van der Waals surface area contributed by atoms with E-state index >= 15 is 0 Å². The Labute approximate surface area is 125 Å². The number of hydrogen-bond acceptors (Lipinski definition) is 1. The van der Waals surface area contributed by atoms with Crippen LogP contribution in [0.25, 0.3) is 22.6 Å². The molecule has 0 fully saturated rings. The minimum Gasteiger partial charge on any atom is -0.256 e. The lowest BCUT2D eigenvalue weighted by atomic mass is 10.0. The highest BCUT2D eigenvalue weighted by Gasteiger charge is 2.34. The van der Waals surface area contributed by atoms with Gasteiger partial charge in [0, 0.05) is 11.6 Å². The molecule has 0 N–H and O–H groups in total. The van der Waals surface area contributed by atoms with Crippen LogP contribution in [0.15, 0.2) is 66.9 Å². The quantitative estimate of drug-likeness (QED) is 0.622.